The molecule has 0 aromatic heterocycles. The molecule has 0 fully saturated rings. The summed E-state index contributed by atoms with van der Waals surface area (Å²) in [5, 5.41) is 2.50. The van der Waals surface area contributed by atoms with Crippen LogP contribution in [0.3, 0.4) is 0 Å². The average Bonchev–Trinajstić information content (AvgIpc) is 1.99. The third-order valence-electron chi connectivity index (χ3n) is 1.91. The minimum atomic E-state index is -3.33. The lowest BCUT2D eigenvalue weighted by molar-refractivity contribution is -0.0984. The second-order valence-electron chi connectivity index (χ2n) is 3.99. The van der Waals surface area contributed by atoms with E-state index in [1.165, 1.54) is 0 Å². The number of rotatable bonds is 8. The fourth-order valence-electron chi connectivity index (χ4n) is 1.29. The first-order chi connectivity index (χ1) is 6.77. The topological polar surface area (TPSA) is 12.0 Å². The van der Waals surface area contributed by atoms with Crippen molar-refractivity contribution in [3.63, 3.8) is 0 Å². The zero-order chi connectivity index (χ0) is 11.9. The molecule has 1 nitrogen and oxygen atoms in total. The molecule has 5 heteroatoms. The van der Waals surface area contributed by atoms with Gasteiger partial charge in [0.2, 0.25) is 0 Å². The largest absolute Gasteiger partial charge is 0.311 e. The number of hydrogen-bond acceptors (Lipinski definition) is 1. The molecule has 0 aromatic carbocycles. The van der Waals surface area contributed by atoms with Crippen molar-refractivity contribution in [2.24, 2.45) is 0 Å². The SMILES string of the molecule is CCCCCNCC(F)(F)CC(C)(F)F. The maximum atomic E-state index is 12.9. The Hall–Kier alpha value is -0.320. The minimum Gasteiger partial charge on any atom is -0.311 e. The summed E-state index contributed by atoms with van der Waals surface area (Å²) in [6.07, 6.45) is 1.38. The average molecular weight is 229 g/mol. The predicted molar refractivity (Wildman–Crippen MR) is 52.6 cm³/mol. The van der Waals surface area contributed by atoms with Gasteiger partial charge in [0.25, 0.3) is 11.8 Å². The Bertz CT molecular complexity index is 165. The zero-order valence-corrected chi connectivity index (χ0v) is 9.25. The lowest BCUT2D eigenvalue weighted by Gasteiger charge is -2.20. The molecule has 0 radical (unpaired) electrons. The van der Waals surface area contributed by atoms with E-state index in [2.05, 4.69) is 5.32 Å². The summed E-state index contributed by atoms with van der Waals surface area (Å²) in [7, 11) is 0. The number of nitrogens with one attached hydrogen (secondary N) is 1. The molecule has 0 aliphatic rings. The van der Waals surface area contributed by atoms with Gasteiger partial charge in [-0.15, -0.1) is 0 Å². The molecule has 0 aromatic rings. The molecule has 0 rings (SSSR count). The van der Waals surface area contributed by atoms with Crippen molar-refractivity contribution in [3.8, 4) is 0 Å². The van der Waals surface area contributed by atoms with E-state index in [0.717, 1.165) is 19.3 Å². The van der Waals surface area contributed by atoms with Gasteiger partial charge < -0.3 is 5.32 Å². The van der Waals surface area contributed by atoms with Gasteiger partial charge in [0.05, 0.1) is 13.0 Å². The van der Waals surface area contributed by atoms with Crippen molar-refractivity contribution in [2.75, 3.05) is 13.1 Å². The molecule has 0 bridgehead atoms. The van der Waals surface area contributed by atoms with Crippen LogP contribution in [0, 0.1) is 0 Å². The quantitative estimate of drug-likeness (QED) is 0.496. The zero-order valence-electron chi connectivity index (χ0n) is 9.25. The third kappa shape index (κ3) is 9.97. The van der Waals surface area contributed by atoms with Crippen LogP contribution >= 0.6 is 0 Å². The van der Waals surface area contributed by atoms with E-state index in [4.69, 9.17) is 0 Å². The van der Waals surface area contributed by atoms with Gasteiger partial charge in [-0.05, 0) is 19.9 Å². The van der Waals surface area contributed by atoms with Crippen LogP contribution in [0.15, 0.2) is 0 Å². The Morgan fingerprint density at radius 3 is 2.13 bits per heavy atom. The molecular formula is C10H19F4N. The van der Waals surface area contributed by atoms with E-state index in [1.807, 2.05) is 6.92 Å². The summed E-state index contributed by atoms with van der Waals surface area (Å²) in [5.41, 5.74) is 0. The predicted octanol–water partition coefficient (Wildman–Crippen LogP) is 3.45. The monoisotopic (exact) mass is 229 g/mol. The number of unbranched alkanes of at least 4 members (excludes halogenated alkanes) is 2. The normalized spacial score (nSPS) is 13.2. The molecule has 0 heterocycles. The number of hydrogen-bond donors (Lipinski definition) is 1. The highest BCUT2D eigenvalue weighted by Crippen LogP contribution is 2.29. The maximum absolute atomic E-state index is 12.9. The van der Waals surface area contributed by atoms with Gasteiger partial charge in [0.15, 0.2) is 0 Å². The summed E-state index contributed by atoms with van der Waals surface area (Å²) in [6, 6.07) is 0. The Labute approximate surface area is 88.2 Å². The Morgan fingerprint density at radius 1 is 1.07 bits per heavy atom. The minimum absolute atomic E-state index is 0.457. The molecule has 0 saturated heterocycles. The molecule has 15 heavy (non-hydrogen) atoms. The molecule has 0 atom stereocenters. The first kappa shape index (κ1) is 14.7. The summed E-state index contributed by atoms with van der Waals surface area (Å²) < 4.78 is 50.5. The first-order valence-electron chi connectivity index (χ1n) is 5.23. The standard InChI is InChI=1S/C10H19F4N/c1-3-4-5-6-15-8-10(13,14)7-9(2,11)12/h15H,3-8H2,1-2H3. The highest BCUT2D eigenvalue weighted by Gasteiger charge is 2.39. The Balaban J connectivity index is 3.65. The molecular weight excluding hydrogens is 210 g/mol. The molecule has 0 saturated carbocycles. The van der Waals surface area contributed by atoms with Gasteiger partial charge in [0.1, 0.15) is 0 Å². The van der Waals surface area contributed by atoms with E-state index in [0.29, 0.717) is 13.5 Å². The molecule has 0 amide bonds. The van der Waals surface area contributed by atoms with Crippen molar-refractivity contribution in [1.29, 1.82) is 0 Å². The Morgan fingerprint density at radius 2 is 1.67 bits per heavy atom. The van der Waals surface area contributed by atoms with Gasteiger partial charge in [0, 0.05) is 0 Å². The second kappa shape index (κ2) is 6.30. The molecule has 0 aliphatic carbocycles. The summed E-state index contributed by atoms with van der Waals surface area (Å²) in [4.78, 5) is 0. The summed E-state index contributed by atoms with van der Waals surface area (Å²) in [5.74, 6) is -6.64. The highest BCUT2D eigenvalue weighted by atomic mass is 19.3. The molecule has 1 N–H and O–H groups in total. The molecule has 92 valence electrons. The van der Waals surface area contributed by atoms with Crippen molar-refractivity contribution >= 4 is 0 Å². The summed E-state index contributed by atoms with van der Waals surface area (Å²) in [6.45, 7) is 2.31. The fraction of sp³-hybridized carbons (Fsp3) is 1.00. The summed E-state index contributed by atoms with van der Waals surface area (Å²) >= 11 is 0. The second-order valence-corrected chi connectivity index (χ2v) is 3.99. The lowest BCUT2D eigenvalue weighted by atomic mass is 10.1. The van der Waals surface area contributed by atoms with E-state index >= 15 is 0 Å². The van der Waals surface area contributed by atoms with Crippen LogP contribution in [0.4, 0.5) is 17.6 Å². The molecule has 0 aliphatic heterocycles. The van der Waals surface area contributed by atoms with Gasteiger partial charge >= 0.3 is 0 Å². The van der Waals surface area contributed by atoms with E-state index in [1.54, 1.807) is 0 Å². The molecule has 0 unspecified atom stereocenters. The van der Waals surface area contributed by atoms with Crippen LogP contribution < -0.4 is 5.32 Å². The number of alkyl halides is 4. The van der Waals surface area contributed by atoms with E-state index < -0.39 is 24.8 Å². The van der Waals surface area contributed by atoms with Gasteiger partial charge in [-0.1, -0.05) is 19.8 Å². The van der Waals surface area contributed by atoms with Crippen LogP contribution in [-0.2, 0) is 0 Å². The fourth-order valence-corrected chi connectivity index (χ4v) is 1.29. The van der Waals surface area contributed by atoms with Crippen molar-refractivity contribution in [2.45, 2.75) is 51.4 Å². The van der Waals surface area contributed by atoms with Crippen molar-refractivity contribution in [3.05, 3.63) is 0 Å². The maximum Gasteiger partial charge on any atom is 0.266 e. The van der Waals surface area contributed by atoms with E-state index in [9.17, 15) is 17.6 Å². The highest BCUT2D eigenvalue weighted by molar-refractivity contribution is 4.76. The van der Waals surface area contributed by atoms with Gasteiger partial charge in [-0.3, -0.25) is 0 Å². The molecule has 0 spiro atoms. The lowest BCUT2D eigenvalue weighted by Crippen LogP contribution is -2.37. The van der Waals surface area contributed by atoms with Crippen molar-refractivity contribution < 1.29 is 17.6 Å². The van der Waals surface area contributed by atoms with Gasteiger partial charge in [-0.2, -0.15) is 0 Å². The number of halogens is 4. The Kier molecular flexibility index (Phi) is 6.17. The smallest absolute Gasteiger partial charge is 0.266 e. The first-order valence-corrected chi connectivity index (χ1v) is 5.23. The van der Waals surface area contributed by atoms with Crippen LogP contribution in [0.25, 0.3) is 0 Å². The van der Waals surface area contributed by atoms with Crippen molar-refractivity contribution in [1.82, 2.24) is 5.32 Å². The van der Waals surface area contributed by atoms with E-state index in [-0.39, 0.29) is 0 Å². The van der Waals surface area contributed by atoms with Crippen LogP contribution in [0.1, 0.15) is 39.5 Å². The van der Waals surface area contributed by atoms with Crippen LogP contribution in [0.5, 0.6) is 0 Å². The van der Waals surface area contributed by atoms with Crippen LogP contribution in [-0.4, -0.2) is 24.9 Å². The van der Waals surface area contributed by atoms with Gasteiger partial charge in [-0.25, -0.2) is 17.6 Å². The van der Waals surface area contributed by atoms with Crippen LogP contribution in [0.2, 0.25) is 0 Å². The third-order valence-corrected chi connectivity index (χ3v) is 1.91.